The minimum absolute atomic E-state index is 0.457. The van der Waals surface area contributed by atoms with Crippen LogP contribution in [0.2, 0.25) is 5.15 Å². The monoisotopic (exact) mass is 258 g/mol. The highest BCUT2D eigenvalue weighted by molar-refractivity contribution is 6.33. The van der Waals surface area contributed by atoms with Crippen LogP contribution < -0.4 is 0 Å². The first kappa shape index (κ1) is 11.2. The number of halogens is 1. The molecule has 1 aromatic carbocycles. The van der Waals surface area contributed by atoms with E-state index in [0.717, 1.165) is 16.6 Å². The molecule has 0 bridgehead atoms. The van der Waals surface area contributed by atoms with Crippen LogP contribution in [0, 0.1) is 0 Å². The largest absolute Gasteiger partial charge is 0.250 e. The van der Waals surface area contributed by atoms with E-state index in [1.165, 1.54) is 0 Å². The van der Waals surface area contributed by atoms with Gasteiger partial charge in [-0.2, -0.15) is 5.10 Å². The Morgan fingerprint density at radius 1 is 1.17 bits per heavy atom. The van der Waals surface area contributed by atoms with Crippen LogP contribution in [0.4, 0.5) is 0 Å². The molecule has 0 amide bonds. The Balaban J connectivity index is 2.05. The lowest BCUT2D eigenvalue weighted by molar-refractivity contribution is 0.780. The van der Waals surface area contributed by atoms with Gasteiger partial charge in [-0.25, -0.2) is 9.97 Å². The molecule has 3 aromatic rings. The smallest absolute Gasteiger partial charge is 0.162 e. The van der Waals surface area contributed by atoms with E-state index in [-0.39, 0.29) is 0 Å². The molecule has 0 saturated carbocycles. The second-order valence-electron chi connectivity index (χ2n) is 4.10. The predicted molar refractivity (Wildman–Crippen MR) is 70.6 cm³/mol. The summed E-state index contributed by atoms with van der Waals surface area (Å²) in [6.45, 7) is 0. The van der Waals surface area contributed by atoms with Crippen molar-refractivity contribution in [2.24, 2.45) is 7.05 Å². The molecule has 18 heavy (non-hydrogen) atoms. The van der Waals surface area contributed by atoms with Gasteiger partial charge in [-0.15, -0.1) is 0 Å². The molecule has 0 radical (unpaired) electrons. The summed E-state index contributed by atoms with van der Waals surface area (Å²) in [5, 5.41) is 5.38. The van der Waals surface area contributed by atoms with Gasteiger partial charge in [0.1, 0.15) is 11.0 Å². The highest BCUT2D eigenvalue weighted by atomic mass is 35.5. The Labute approximate surface area is 109 Å². The number of aryl methyl sites for hydroxylation is 1. The van der Waals surface area contributed by atoms with Gasteiger partial charge in [0.15, 0.2) is 5.65 Å². The van der Waals surface area contributed by atoms with Crippen molar-refractivity contribution < 1.29 is 0 Å². The van der Waals surface area contributed by atoms with E-state index < -0.39 is 0 Å². The van der Waals surface area contributed by atoms with Gasteiger partial charge in [-0.3, -0.25) is 4.68 Å². The summed E-state index contributed by atoms with van der Waals surface area (Å²) in [6, 6.07) is 10.1. The Morgan fingerprint density at radius 2 is 1.94 bits per heavy atom. The SMILES string of the molecule is Cn1ncc2c(Cl)nc(Cc3ccccc3)nc21. The Bertz CT molecular complexity index is 691. The van der Waals surface area contributed by atoms with Crippen LogP contribution in [0.5, 0.6) is 0 Å². The quantitative estimate of drug-likeness (QED) is 0.664. The van der Waals surface area contributed by atoms with E-state index in [1.54, 1.807) is 10.9 Å². The molecule has 0 saturated heterocycles. The molecule has 0 aliphatic heterocycles. The number of nitrogens with zero attached hydrogens (tertiary/aromatic N) is 4. The highest BCUT2D eigenvalue weighted by Crippen LogP contribution is 2.20. The van der Waals surface area contributed by atoms with E-state index in [2.05, 4.69) is 15.1 Å². The fraction of sp³-hybridized carbons (Fsp3) is 0.154. The van der Waals surface area contributed by atoms with Crippen LogP contribution in [0.25, 0.3) is 11.0 Å². The fourth-order valence-electron chi connectivity index (χ4n) is 1.89. The van der Waals surface area contributed by atoms with E-state index in [1.807, 2.05) is 37.4 Å². The molecular weight excluding hydrogens is 248 g/mol. The van der Waals surface area contributed by atoms with Gasteiger partial charge in [0.2, 0.25) is 0 Å². The van der Waals surface area contributed by atoms with Crippen molar-refractivity contribution >= 4 is 22.6 Å². The van der Waals surface area contributed by atoms with Gasteiger partial charge in [0.25, 0.3) is 0 Å². The number of fused-ring (bicyclic) bond motifs is 1. The molecule has 0 aliphatic rings. The van der Waals surface area contributed by atoms with E-state index in [0.29, 0.717) is 17.4 Å². The van der Waals surface area contributed by atoms with Crippen molar-refractivity contribution in [2.75, 3.05) is 0 Å². The molecular formula is C13H11ClN4. The molecule has 90 valence electrons. The first-order valence-corrected chi connectivity index (χ1v) is 6.00. The molecule has 0 aliphatic carbocycles. The maximum absolute atomic E-state index is 6.14. The zero-order valence-corrected chi connectivity index (χ0v) is 10.6. The Kier molecular flexibility index (Phi) is 2.72. The average molecular weight is 259 g/mol. The molecule has 0 N–H and O–H groups in total. The van der Waals surface area contributed by atoms with Crippen LogP contribution in [0.1, 0.15) is 11.4 Å². The normalized spacial score (nSPS) is 11.0. The van der Waals surface area contributed by atoms with Crippen molar-refractivity contribution in [2.45, 2.75) is 6.42 Å². The van der Waals surface area contributed by atoms with E-state index in [9.17, 15) is 0 Å². The third-order valence-electron chi connectivity index (χ3n) is 2.80. The molecule has 0 unspecified atom stereocenters. The lowest BCUT2D eigenvalue weighted by Crippen LogP contribution is -2.00. The second kappa shape index (κ2) is 4.38. The minimum atomic E-state index is 0.457. The predicted octanol–water partition coefficient (Wildman–Crippen LogP) is 2.61. The Morgan fingerprint density at radius 3 is 2.72 bits per heavy atom. The maximum Gasteiger partial charge on any atom is 0.162 e. The summed E-state index contributed by atoms with van der Waals surface area (Å²) >= 11 is 6.14. The maximum atomic E-state index is 6.14. The summed E-state index contributed by atoms with van der Waals surface area (Å²) in [7, 11) is 1.85. The van der Waals surface area contributed by atoms with Crippen LogP contribution in [0.3, 0.4) is 0 Å². The third-order valence-corrected chi connectivity index (χ3v) is 3.09. The van der Waals surface area contributed by atoms with Crippen molar-refractivity contribution in [3.8, 4) is 0 Å². The van der Waals surface area contributed by atoms with Crippen molar-refractivity contribution in [1.82, 2.24) is 19.7 Å². The van der Waals surface area contributed by atoms with Crippen LogP contribution >= 0.6 is 11.6 Å². The zero-order valence-electron chi connectivity index (χ0n) is 9.84. The van der Waals surface area contributed by atoms with Crippen LogP contribution in [0.15, 0.2) is 36.5 Å². The second-order valence-corrected chi connectivity index (χ2v) is 4.46. The lowest BCUT2D eigenvalue weighted by atomic mass is 10.1. The van der Waals surface area contributed by atoms with Crippen molar-refractivity contribution in [1.29, 1.82) is 0 Å². The standard InChI is InChI=1S/C13H11ClN4/c1-18-13-10(8-15-18)12(14)16-11(17-13)7-9-5-3-2-4-6-9/h2-6,8H,7H2,1H3. The van der Waals surface area contributed by atoms with E-state index >= 15 is 0 Å². The van der Waals surface area contributed by atoms with Crippen LogP contribution in [-0.4, -0.2) is 19.7 Å². The van der Waals surface area contributed by atoms with Crippen molar-refractivity contribution in [3.63, 3.8) is 0 Å². The number of benzene rings is 1. The third kappa shape index (κ3) is 1.95. The summed E-state index contributed by atoms with van der Waals surface area (Å²) in [5.41, 5.74) is 1.93. The number of hydrogen-bond acceptors (Lipinski definition) is 3. The highest BCUT2D eigenvalue weighted by Gasteiger charge is 2.09. The average Bonchev–Trinajstić information content (AvgIpc) is 2.73. The lowest BCUT2D eigenvalue weighted by Gasteiger charge is -2.02. The molecule has 3 rings (SSSR count). The van der Waals surface area contributed by atoms with Gasteiger partial charge >= 0.3 is 0 Å². The van der Waals surface area contributed by atoms with Gasteiger partial charge in [0.05, 0.1) is 11.6 Å². The molecule has 0 fully saturated rings. The number of rotatable bonds is 2. The first-order chi connectivity index (χ1) is 8.74. The van der Waals surface area contributed by atoms with E-state index in [4.69, 9.17) is 11.6 Å². The summed E-state index contributed by atoms with van der Waals surface area (Å²) in [6.07, 6.45) is 2.35. The molecule has 0 spiro atoms. The van der Waals surface area contributed by atoms with Gasteiger partial charge in [0, 0.05) is 13.5 Å². The van der Waals surface area contributed by atoms with Crippen molar-refractivity contribution in [3.05, 3.63) is 53.1 Å². The molecule has 4 nitrogen and oxygen atoms in total. The zero-order chi connectivity index (χ0) is 12.5. The van der Waals surface area contributed by atoms with Gasteiger partial charge in [-0.1, -0.05) is 41.9 Å². The molecule has 5 heteroatoms. The summed E-state index contributed by atoms with van der Waals surface area (Å²) in [5.74, 6) is 0.710. The number of hydrogen-bond donors (Lipinski definition) is 0. The minimum Gasteiger partial charge on any atom is -0.250 e. The van der Waals surface area contributed by atoms with Gasteiger partial charge in [-0.05, 0) is 5.56 Å². The topological polar surface area (TPSA) is 43.6 Å². The van der Waals surface area contributed by atoms with Crippen LogP contribution in [-0.2, 0) is 13.5 Å². The molecule has 2 heterocycles. The first-order valence-electron chi connectivity index (χ1n) is 5.62. The molecule has 2 aromatic heterocycles. The summed E-state index contributed by atoms with van der Waals surface area (Å²) < 4.78 is 1.71. The summed E-state index contributed by atoms with van der Waals surface area (Å²) in [4.78, 5) is 8.81. The Hall–Kier alpha value is -1.94. The fourth-order valence-corrected chi connectivity index (χ4v) is 2.12. The van der Waals surface area contributed by atoms with Gasteiger partial charge < -0.3 is 0 Å². The number of aromatic nitrogens is 4. The molecule has 0 atom stereocenters.